The third-order valence-electron chi connectivity index (χ3n) is 4.31. The van der Waals surface area contributed by atoms with E-state index >= 15 is 0 Å². The van der Waals surface area contributed by atoms with Gasteiger partial charge in [0, 0.05) is 11.1 Å². The zero-order valence-electron chi connectivity index (χ0n) is 15.3. The largest absolute Gasteiger partial charge is 0.504 e. The van der Waals surface area contributed by atoms with E-state index in [1.54, 1.807) is 18.2 Å². The van der Waals surface area contributed by atoms with E-state index in [0.717, 1.165) is 16.8 Å². The third kappa shape index (κ3) is 2.84. The van der Waals surface area contributed by atoms with E-state index in [1.807, 2.05) is 27.7 Å². The summed E-state index contributed by atoms with van der Waals surface area (Å²) in [5, 5.41) is 27.0. The lowest BCUT2D eigenvalue weighted by atomic mass is 9.79. The maximum absolute atomic E-state index is 10.0. The molecule has 7 heteroatoms. The van der Waals surface area contributed by atoms with Gasteiger partial charge in [0.2, 0.25) is 11.8 Å². The normalized spacial score (nSPS) is 16.7. The summed E-state index contributed by atoms with van der Waals surface area (Å²) in [7, 11) is 0. The van der Waals surface area contributed by atoms with Gasteiger partial charge >= 0.3 is 0 Å². The molecule has 0 unspecified atom stereocenters. The fourth-order valence-electron chi connectivity index (χ4n) is 3.13. The number of rotatable bonds is 3. The van der Waals surface area contributed by atoms with Crippen LogP contribution in [0, 0.1) is 11.3 Å². The Labute approximate surface area is 152 Å². The molecule has 1 aromatic heterocycles. The van der Waals surface area contributed by atoms with Gasteiger partial charge in [0.05, 0.1) is 18.1 Å². The molecule has 7 nitrogen and oxygen atoms in total. The van der Waals surface area contributed by atoms with Gasteiger partial charge in [-0.3, -0.25) is 5.10 Å². The van der Waals surface area contributed by atoms with Crippen LogP contribution in [0.25, 0.3) is 0 Å². The van der Waals surface area contributed by atoms with Gasteiger partial charge in [-0.15, -0.1) is 5.10 Å². The number of hydrogen-bond acceptors (Lipinski definition) is 6. The molecule has 2 heterocycles. The van der Waals surface area contributed by atoms with Crippen LogP contribution in [0.4, 0.5) is 0 Å². The molecule has 136 valence electrons. The molecule has 3 rings (SSSR count). The maximum atomic E-state index is 10.0. The molecule has 26 heavy (non-hydrogen) atoms. The number of hydrogen-bond donors (Lipinski definition) is 3. The first kappa shape index (κ1) is 17.7. The number of aromatic amines is 1. The molecule has 0 spiro atoms. The van der Waals surface area contributed by atoms with Crippen LogP contribution in [-0.2, 0) is 5.41 Å². The Morgan fingerprint density at radius 3 is 2.77 bits per heavy atom. The van der Waals surface area contributed by atoms with Crippen molar-refractivity contribution in [3.63, 3.8) is 0 Å². The Morgan fingerprint density at radius 2 is 2.15 bits per heavy atom. The van der Waals surface area contributed by atoms with Crippen molar-refractivity contribution in [2.75, 3.05) is 6.61 Å². The van der Waals surface area contributed by atoms with Crippen LogP contribution in [-0.4, -0.2) is 21.9 Å². The van der Waals surface area contributed by atoms with Gasteiger partial charge in [-0.25, -0.2) is 0 Å². The smallest absolute Gasteiger partial charge is 0.244 e. The minimum absolute atomic E-state index is 0.0306. The number of H-pyrrole nitrogens is 1. The van der Waals surface area contributed by atoms with E-state index < -0.39 is 5.92 Å². The van der Waals surface area contributed by atoms with Crippen molar-refractivity contribution in [2.24, 2.45) is 5.73 Å². The molecule has 4 N–H and O–H groups in total. The molecule has 0 saturated heterocycles. The maximum Gasteiger partial charge on any atom is 0.244 e. The second-order valence-corrected chi connectivity index (χ2v) is 7.15. The molecule has 0 saturated carbocycles. The van der Waals surface area contributed by atoms with Crippen molar-refractivity contribution in [1.29, 1.82) is 5.26 Å². The fourth-order valence-corrected chi connectivity index (χ4v) is 3.13. The van der Waals surface area contributed by atoms with Crippen molar-refractivity contribution in [3.05, 3.63) is 46.5 Å². The van der Waals surface area contributed by atoms with Crippen LogP contribution in [0.15, 0.2) is 29.7 Å². The Hall–Kier alpha value is -3.14. The number of phenols is 1. The van der Waals surface area contributed by atoms with Crippen molar-refractivity contribution in [3.8, 4) is 23.4 Å². The summed E-state index contributed by atoms with van der Waals surface area (Å²) in [6.45, 7) is 8.40. The third-order valence-corrected chi connectivity index (χ3v) is 4.31. The number of nitrogens with zero attached hydrogens (tertiary/aromatic N) is 2. The van der Waals surface area contributed by atoms with Crippen LogP contribution < -0.4 is 15.2 Å². The van der Waals surface area contributed by atoms with Gasteiger partial charge in [0.1, 0.15) is 11.6 Å². The first-order chi connectivity index (χ1) is 12.3. The van der Waals surface area contributed by atoms with E-state index in [1.165, 1.54) is 0 Å². The average Bonchev–Trinajstić information content (AvgIpc) is 2.99. The topological polar surface area (TPSA) is 117 Å². The quantitative estimate of drug-likeness (QED) is 0.780. The molecule has 0 bridgehead atoms. The average molecular weight is 354 g/mol. The minimum Gasteiger partial charge on any atom is -0.504 e. The number of benzene rings is 1. The first-order valence-electron chi connectivity index (χ1n) is 8.40. The predicted molar refractivity (Wildman–Crippen MR) is 95.9 cm³/mol. The second-order valence-electron chi connectivity index (χ2n) is 7.15. The molecule has 0 aliphatic carbocycles. The van der Waals surface area contributed by atoms with Crippen LogP contribution >= 0.6 is 0 Å². The molecular formula is C19H22N4O3. The molecule has 0 amide bonds. The predicted octanol–water partition coefficient (Wildman–Crippen LogP) is 3.03. The molecule has 0 fully saturated rings. The molecular weight excluding hydrogens is 332 g/mol. The van der Waals surface area contributed by atoms with E-state index in [9.17, 15) is 10.4 Å². The lowest BCUT2D eigenvalue weighted by molar-refractivity contribution is 0.317. The number of ether oxygens (including phenoxy) is 2. The standard InChI is InChI=1S/C19H22N4O3/c1-5-25-13-8-10(6-7-12(13)24)14-11(9-20)17(21)26-18-15(14)16(22-23-18)19(2,3)4/h6-8,14,24H,5,21H2,1-4H3,(H,22,23)/t14-/m0/s1. The SMILES string of the molecule is CCOc1cc([C@H]2C(C#N)=C(N)Oc3n[nH]c(C(C)(C)C)c32)ccc1O. The lowest BCUT2D eigenvalue weighted by Gasteiger charge is -2.27. The van der Waals surface area contributed by atoms with E-state index in [0.29, 0.717) is 23.8 Å². The van der Waals surface area contributed by atoms with E-state index in [-0.39, 0.29) is 17.0 Å². The summed E-state index contributed by atoms with van der Waals surface area (Å²) in [5.41, 5.74) is 8.44. The molecule has 1 aromatic carbocycles. The Kier molecular flexibility index (Phi) is 4.28. The van der Waals surface area contributed by atoms with Crippen molar-refractivity contribution < 1.29 is 14.6 Å². The number of nitriles is 1. The van der Waals surface area contributed by atoms with Crippen LogP contribution in [0.5, 0.6) is 17.4 Å². The highest BCUT2D eigenvalue weighted by molar-refractivity contribution is 5.58. The van der Waals surface area contributed by atoms with Gasteiger partial charge in [0.15, 0.2) is 11.5 Å². The fraction of sp³-hybridized carbons (Fsp3) is 0.368. The zero-order chi connectivity index (χ0) is 19.1. The van der Waals surface area contributed by atoms with E-state index in [2.05, 4.69) is 16.3 Å². The number of allylic oxidation sites excluding steroid dienone is 1. The van der Waals surface area contributed by atoms with Gasteiger partial charge in [0.25, 0.3) is 0 Å². The highest BCUT2D eigenvalue weighted by atomic mass is 16.5. The number of nitrogens with one attached hydrogen (secondary N) is 1. The van der Waals surface area contributed by atoms with Crippen molar-refractivity contribution in [2.45, 2.75) is 39.0 Å². The van der Waals surface area contributed by atoms with Crippen LogP contribution in [0.1, 0.15) is 50.4 Å². The van der Waals surface area contributed by atoms with Crippen molar-refractivity contribution in [1.82, 2.24) is 10.2 Å². The van der Waals surface area contributed by atoms with Crippen molar-refractivity contribution >= 4 is 0 Å². The summed E-state index contributed by atoms with van der Waals surface area (Å²) in [5.74, 6) is 0.332. The lowest BCUT2D eigenvalue weighted by Crippen LogP contribution is -2.23. The summed E-state index contributed by atoms with van der Waals surface area (Å²) in [6.07, 6.45) is 0. The molecule has 2 aromatic rings. The van der Waals surface area contributed by atoms with Gasteiger partial charge in [-0.2, -0.15) is 5.26 Å². The monoisotopic (exact) mass is 354 g/mol. The molecule has 1 atom stereocenters. The summed E-state index contributed by atoms with van der Waals surface area (Å²) in [6, 6.07) is 7.19. The second kappa shape index (κ2) is 6.30. The number of aromatic hydroxyl groups is 1. The summed E-state index contributed by atoms with van der Waals surface area (Å²) >= 11 is 0. The molecule has 1 aliphatic heterocycles. The summed E-state index contributed by atoms with van der Waals surface area (Å²) in [4.78, 5) is 0. The number of fused-ring (bicyclic) bond motifs is 1. The Bertz CT molecular complexity index is 916. The Balaban J connectivity index is 2.24. The summed E-state index contributed by atoms with van der Waals surface area (Å²) < 4.78 is 11.1. The molecule has 0 radical (unpaired) electrons. The minimum atomic E-state index is -0.462. The zero-order valence-corrected chi connectivity index (χ0v) is 15.3. The molecule has 1 aliphatic rings. The van der Waals surface area contributed by atoms with Crippen LogP contribution in [0.2, 0.25) is 0 Å². The first-order valence-corrected chi connectivity index (χ1v) is 8.40. The van der Waals surface area contributed by atoms with Crippen LogP contribution in [0.3, 0.4) is 0 Å². The highest BCUT2D eigenvalue weighted by Crippen LogP contribution is 2.46. The Morgan fingerprint density at radius 1 is 1.42 bits per heavy atom. The number of nitrogens with two attached hydrogens (primary N) is 1. The number of phenolic OH excluding ortho intramolecular Hbond substituents is 1. The van der Waals surface area contributed by atoms with Gasteiger partial charge < -0.3 is 20.3 Å². The van der Waals surface area contributed by atoms with Gasteiger partial charge in [-0.1, -0.05) is 26.8 Å². The van der Waals surface area contributed by atoms with Gasteiger partial charge in [-0.05, 0) is 24.6 Å². The highest BCUT2D eigenvalue weighted by Gasteiger charge is 2.38. The number of aromatic nitrogens is 2. The van der Waals surface area contributed by atoms with E-state index in [4.69, 9.17) is 15.2 Å².